The van der Waals surface area contributed by atoms with Gasteiger partial charge in [-0.25, -0.2) is 0 Å². The molecule has 0 spiro atoms. The molecule has 3 nitrogen and oxygen atoms in total. The van der Waals surface area contributed by atoms with Crippen LogP contribution in [0.4, 0.5) is 0 Å². The van der Waals surface area contributed by atoms with Crippen LogP contribution in [0.1, 0.15) is 39.0 Å². The van der Waals surface area contributed by atoms with Crippen LogP contribution in [0.2, 0.25) is 0 Å². The molecule has 0 aromatic rings. The third-order valence-electron chi connectivity index (χ3n) is 4.58. The van der Waals surface area contributed by atoms with Gasteiger partial charge in [0.05, 0.1) is 6.10 Å². The van der Waals surface area contributed by atoms with Gasteiger partial charge in [-0.1, -0.05) is 12.8 Å². The molecule has 0 aromatic heterocycles. The van der Waals surface area contributed by atoms with Crippen LogP contribution in [0.5, 0.6) is 0 Å². The van der Waals surface area contributed by atoms with Crippen LogP contribution in [0.25, 0.3) is 0 Å². The lowest BCUT2D eigenvalue weighted by Crippen LogP contribution is -2.42. The van der Waals surface area contributed by atoms with Gasteiger partial charge in [0.25, 0.3) is 0 Å². The van der Waals surface area contributed by atoms with E-state index >= 15 is 0 Å². The molecule has 0 aromatic carbocycles. The zero-order valence-electron chi connectivity index (χ0n) is 13.2. The van der Waals surface area contributed by atoms with E-state index in [0.29, 0.717) is 12.7 Å². The molecule has 2 fully saturated rings. The van der Waals surface area contributed by atoms with E-state index in [1.54, 1.807) is 0 Å². The Morgan fingerprint density at radius 3 is 2.35 bits per heavy atom. The van der Waals surface area contributed by atoms with Gasteiger partial charge in [-0.05, 0) is 51.7 Å². The van der Waals surface area contributed by atoms with Crippen LogP contribution in [0.15, 0.2) is 0 Å². The molecule has 2 rings (SSSR count). The van der Waals surface area contributed by atoms with Crippen molar-refractivity contribution in [2.45, 2.75) is 45.1 Å². The third kappa shape index (κ3) is 5.44. The summed E-state index contributed by atoms with van der Waals surface area (Å²) in [5.74, 6) is 7.05. The van der Waals surface area contributed by atoms with Gasteiger partial charge in [0, 0.05) is 26.1 Å². The Balaban J connectivity index is 1.59. The normalized spacial score (nSPS) is 23.5. The summed E-state index contributed by atoms with van der Waals surface area (Å²) in [6.07, 6.45) is 6.48. The highest BCUT2D eigenvalue weighted by molar-refractivity contribution is 4.98. The standard InChI is InChI=1S/C17H30N2O/c1-3-4-5-14-20-17-8-12-19(13-9-17)15-16-6-10-18(2)11-7-16/h16-17H,3,6-15H2,1-2H3. The van der Waals surface area contributed by atoms with Crippen molar-refractivity contribution in [1.82, 2.24) is 9.80 Å². The second-order valence-corrected chi connectivity index (χ2v) is 6.26. The zero-order valence-corrected chi connectivity index (χ0v) is 13.2. The number of hydrogen-bond donors (Lipinski definition) is 0. The predicted octanol–water partition coefficient (Wildman–Crippen LogP) is 2.22. The van der Waals surface area contributed by atoms with E-state index in [4.69, 9.17) is 4.74 Å². The van der Waals surface area contributed by atoms with Gasteiger partial charge in [-0.15, -0.1) is 5.92 Å². The van der Waals surface area contributed by atoms with Gasteiger partial charge in [-0.2, -0.15) is 0 Å². The number of nitrogens with zero attached hydrogens (tertiary/aromatic N) is 2. The summed E-state index contributed by atoms with van der Waals surface area (Å²) in [5.41, 5.74) is 0. The minimum atomic E-state index is 0.440. The van der Waals surface area contributed by atoms with Crippen molar-refractivity contribution in [3.8, 4) is 11.8 Å². The lowest BCUT2D eigenvalue weighted by molar-refractivity contribution is 0.0182. The van der Waals surface area contributed by atoms with Gasteiger partial charge in [0.2, 0.25) is 0 Å². The molecule has 2 aliphatic rings. The third-order valence-corrected chi connectivity index (χ3v) is 4.58. The van der Waals surface area contributed by atoms with Gasteiger partial charge >= 0.3 is 0 Å². The summed E-state index contributed by atoms with van der Waals surface area (Å²) in [5, 5.41) is 0. The van der Waals surface area contributed by atoms with Crippen molar-refractivity contribution in [2.75, 3.05) is 46.4 Å². The van der Waals surface area contributed by atoms with Crippen LogP contribution in [-0.4, -0.2) is 62.3 Å². The Labute approximate surface area is 124 Å². The second-order valence-electron chi connectivity index (χ2n) is 6.26. The number of hydrogen-bond acceptors (Lipinski definition) is 3. The molecule has 2 aliphatic heterocycles. The average Bonchev–Trinajstić information content (AvgIpc) is 2.48. The fourth-order valence-corrected chi connectivity index (χ4v) is 3.20. The second kappa shape index (κ2) is 8.67. The average molecular weight is 278 g/mol. The van der Waals surface area contributed by atoms with E-state index < -0.39 is 0 Å². The number of piperidine rings is 2. The Hall–Kier alpha value is -0.560. The summed E-state index contributed by atoms with van der Waals surface area (Å²) >= 11 is 0. The molecule has 2 heterocycles. The lowest BCUT2D eigenvalue weighted by Gasteiger charge is -2.36. The highest BCUT2D eigenvalue weighted by Gasteiger charge is 2.23. The maximum Gasteiger partial charge on any atom is 0.108 e. The SMILES string of the molecule is CCC#CCOC1CCN(CC2CCN(C)CC2)CC1. The molecule has 0 bridgehead atoms. The molecule has 20 heavy (non-hydrogen) atoms. The van der Waals surface area contributed by atoms with Crippen LogP contribution in [0, 0.1) is 17.8 Å². The first-order valence-electron chi connectivity index (χ1n) is 8.26. The fraction of sp³-hybridized carbons (Fsp3) is 0.882. The largest absolute Gasteiger partial charge is 0.365 e. The van der Waals surface area contributed by atoms with Crippen LogP contribution in [-0.2, 0) is 4.74 Å². The highest BCUT2D eigenvalue weighted by Crippen LogP contribution is 2.20. The molecule has 0 N–H and O–H groups in total. The molecule has 0 saturated carbocycles. The molecule has 0 unspecified atom stereocenters. The lowest BCUT2D eigenvalue weighted by atomic mass is 9.95. The molecular formula is C17H30N2O. The Kier molecular flexibility index (Phi) is 6.86. The molecule has 114 valence electrons. The Morgan fingerprint density at radius 1 is 1.00 bits per heavy atom. The van der Waals surface area contributed by atoms with Gasteiger partial charge in [-0.3, -0.25) is 0 Å². The summed E-state index contributed by atoms with van der Waals surface area (Å²) in [6, 6.07) is 0. The predicted molar refractivity (Wildman–Crippen MR) is 83.7 cm³/mol. The zero-order chi connectivity index (χ0) is 14.2. The molecular weight excluding hydrogens is 248 g/mol. The van der Waals surface area contributed by atoms with Crippen molar-refractivity contribution in [3.63, 3.8) is 0 Å². The fourth-order valence-electron chi connectivity index (χ4n) is 3.20. The Bertz CT molecular complexity index is 318. The monoisotopic (exact) mass is 278 g/mol. The summed E-state index contributed by atoms with van der Waals surface area (Å²) in [6.45, 7) is 8.97. The van der Waals surface area contributed by atoms with E-state index in [1.807, 2.05) is 0 Å². The number of ether oxygens (including phenoxy) is 1. The highest BCUT2D eigenvalue weighted by atomic mass is 16.5. The van der Waals surface area contributed by atoms with Crippen molar-refractivity contribution in [2.24, 2.45) is 5.92 Å². The first-order chi connectivity index (χ1) is 9.78. The van der Waals surface area contributed by atoms with E-state index in [0.717, 1.165) is 12.3 Å². The van der Waals surface area contributed by atoms with E-state index in [1.165, 1.54) is 58.4 Å². The molecule has 0 amide bonds. The van der Waals surface area contributed by atoms with Gasteiger partial charge in [0.1, 0.15) is 6.61 Å². The van der Waals surface area contributed by atoms with E-state index in [2.05, 4.69) is 35.6 Å². The molecule has 0 aliphatic carbocycles. The molecule has 3 heteroatoms. The van der Waals surface area contributed by atoms with Crippen LogP contribution >= 0.6 is 0 Å². The Morgan fingerprint density at radius 2 is 1.70 bits per heavy atom. The van der Waals surface area contributed by atoms with Gasteiger partial charge in [0.15, 0.2) is 0 Å². The minimum Gasteiger partial charge on any atom is -0.365 e. The van der Waals surface area contributed by atoms with Crippen molar-refractivity contribution in [1.29, 1.82) is 0 Å². The van der Waals surface area contributed by atoms with Crippen molar-refractivity contribution >= 4 is 0 Å². The van der Waals surface area contributed by atoms with Crippen molar-refractivity contribution < 1.29 is 4.74 Å². The van der Waals surface area contributed by atoms with Gasteiger partial charge < -0.3 is 14.5 Å². The summed E-state index contributed by atoms with van der Waals surface area (Å²) in [7, 11) is 2.24. The van der Waals surface area contributed by atoms with E-state index in [9.17, 15) is 0 Å². The topological polar surface area (TPSA) is 15.7 Å². The number of likely N-dealkylation sites (tertiary alicyclic amines) is 2. The number of rotatable bonds is 4. The minimum absolute atomic E-state index is 0.440. The maximum atomic E-state index is 5.83. The first-order valence-corrected chi connectivity index (χ1v) is 8.26. The quantitative estimate of drug-likeness (QED) is 0.733. The molecule has 0 radical (unpaired) electrons. The van der Waals surface area contributed by atoms with Crippen LogP contribution < -0.4 is 0 Å². The van der Waals surface area contributed by atoms with Crippen LogP contribution in [0.3, 0.4) is 0 Å². The van der Waals surface area contributed by atoms with E-state index in [-0.39, 0.29) is 0 Å². The summed E-state index contributed by atoms with van der Waals surface area (Å²) in [4.78, 5) is 5.10. The molecule has 2 saturated heterocycles. The molecule has 0 atom stereocenters. The maximum absolute atomic E-state index is 5.83. The summed E-state index contributed by atoms with van der Waals surface area (Å²) < 4.78 is 5.83. The first kappa shape index (κ1) is 15.8. The smallest absolute Gasteiger partial charge is 0.108 e. The van der Waals surface area contributed by atoms with Crippen molar-refractivity contribution in [3.05, 3.63) is 0 Å².